The molecule has 3 aromatic carbocycles. The van der Waals surface area contributed by atoms with E-state index in [0.29, 0.717) is 17.2 Å². The molecule has 1 amide bonds. The standard InChI is InChI=1S/C27H28N2O2/c28-23-10-7-21(8-11-23)26(30)29-24-12-14-25(15-13-24)31-27(17-19-4-2-1-3-5-19)18-20-6-9-22(27)16-20/h1-5,7-8,10-15,20,22H,6,9,16-18,28H2,(H,29,30). The SMILES string of the molecule is Nc1ccc(C(=O)Nc2ccc(OC3(Cc4ccccc4)CC4CCC3C4)cc2)cc1. The summed E-state index contributed by atoms with van der Waals surface area (Å²) in [5.74, 6) is 2.12. The monoisotopic (exact) mass is 412 g/mol. The first-order valence-corrected chi connectivity index (χ1v) is 11.1. The second-order valence-electron chi connectivity index (χ2n) is 9.01. The van der Waals surface area contributed by atoms with Gasteiger partial charge in [0, 0.05) is 23.4 Å². The minimum Gasteiger partial charge on any atom is -0.487 e. The van der Waals surface area contributed by atoms with Crippen molar-refractivity contribution in [3.63, 3.8) is 0 Å². The third-order valence-corrected chi connectivity index (χ3v) is 6.87. The van der Waals surface area contributed by atoms with E-state index in [9.17, 15) is 4.79 Å². The summed E-state index contributed by atoms with van der Waals surface area (Å²) in [5.41, 5.74) is 8.88. The number of nitrogens with two attached hydrogens (primary N) is 1. The van der Waals surface area contributed by atoms with Crippen LogP contribution in [0.2, 0.25) is 0 Å². The van der Waals surface area contributed by atoms with Crippen molar-refractivity contribution >= 4 is 17.3 Å². The minimum absolute atomic E-state index is 0.126. The first-order chi connectivity index (χ1) is 15.1. The third kappa shape index (κ3) is 4.15. The second kappa shape index (κ2) is 8.10. The molecule has 3 N–H and O–H groups in total. The van der Waals surface area contributed by atoms with Crippen LogP contribution in [0, 0.1) is 11.8 Å². The number of rotatable bonds is 6. The molecule has 5 rings (SSSR count). The van der Waals surface area contributed by atoms with Gasteiger partial charge in [-0.1, -0.05) is 30.3 Å². The number of hydrogen-bond donors (Lipinski definition) is 2. The van der Waals surface area contributed by atoms with Gasteiger partial charge in [-0.15, -0.1) is 0 Å². The van der Waals surface area contributed by atoms with Gasteiger partial charge >= 0.3 is 0 Å². The van der Waals surface area contributed by atoms with Crippen LogP contribution in [0.3, 0.4) is 0 Å². The van der Waals surface area contributed by atoms with E-state index in [1.807, 2.05) is 24.3 Å². The molecule has 0 saturated heterocycles. The number of nitrogen functional groups attached to an aromatic ring is 1. The van der Waals surface area contributed by atoms with E-state index >= 15 is 0 Å². The summed E-state index contributed by atoms with van der Waals surface area (Å²) >= 11 is 0. The van der Waals surface area contributed by atoms with Crippen molar-refractivity contribution in [1.29, 1.82) is 0 Å². The molecule has 31 heavy (non-hydrogen) atoms. The number of benzene rings is 3. The van der Waals surface area contributed by atoms with Gasteiger partial charge in [0.25, 0.3) is 5.91 Å². The number of anilines is 2. The highest BCUT2D eigenvalue weighted by Gasteiger charge is 2.52. The Labute approximate surface area is 183 Å². The van der Waals surface area contributed by atoms with Crippen molar-refractivity contribution in [2.75, 3.05) is 11.1 Å². The third-order valence-electron chi connectivity index (χ3n) is 6.87. The van der Waals surface area contributed by atoms with Gasteiger partial charge in [-0.05, 0) is 91.6 Å². The number of carbonyl (C=O) groups is 1. The Hall–Kier alpha value is -3.27. The van der Waals surface area contributed by atoms with Gasteiger partial charge in [0.05, 0.1) is 0 Å². The number of nitrogens with one attached hydrogen (secondary N) is 1. The number of hydrogen-bond acceptors (Lipinski definition) is 3. The fraction of sp³-hybridized carbons (Fsp3) is 0.296. The molecule has 3 unspecified atom stereocenters. The predicted octanol–water partition coefficient (Wildman–Crippen LogP) is 5.70. The van der Waals surface area contributed by atoms with Crippen LogP contribution in [0.25, 0.3) is 0 Å². The Morgan fingerprint density at radius 3 is 2.35 bits per heavy atom. The Morgan fingerprint density at radius 1 is 0.968 bits per heavy atom. The molecular weight excluding hydrogens is 384 g/mol. The summed E-state index contributed by atoms with van der Waals surface area (Å²) < 4.78 is 6.73. The quantitative estimate of drug-likeness (QED) is 0.510. The average molecular weight is 413 g/mol. The van der Waals surface area contributed by atoms with Gasteiger partial charge in [0.1, 0.15) is 11.4 Å². The van der Waals surface area contributed by atoms with Gasteiger partial charge in [-0.2, -0.15) is 0 Å². The number of amides is 1. The highest BCUT2D eigenvalue weighted by atomic mass is 16.5. The van der Waals surface area contributed by atoms with E-state index in [-0.39, 0.29) is 11.5 Å². The zero-order chi connectivity index (χ0) is 21.3. The molecule has 2 fully saturated rings. The maximum absolute atomic E-state index is 12.4. The molecule has 4 nitrogen and oxygen atoms in total. The van der Waals surface area contributed by atoms with Crippen LogP contribution < -0.4 is 15.8 Å². The Kier molecular flexibility index (Phi) is 5.14. The molecule has 0 aliphatic heterocycles. The first-order valence-electron chi connectivity index (χ1n) is 11.1. The fourth-order valence-electron chi connectivity index (χ4n) is 5.39. The first kappa shape index (κ1) is 19.7. The normalized spacial score (nSPS) is 24.1. The lowest BCUT2D eigenvalue weighted by Gasteiger charge is -2.38. The van der Waals surface area contributed by atoms with Crippen LogP contribution >= 0.6 is 0 Å². The lowest BCUT2D eigenvalue weighted by atomic mass is 9.79. The van der Waals surface area contributed by atoms with Crippen LogP contribution in [-0.4, -0.2) is 11.5 Å². The summed E-state index contributed by atoms with van der Waals surface area (Å²) in [5, 5.41) is 2.94. The van der Waals surface area contributed by atoms with Crippen LogP contribution in [0.1, 0.15) is 41.6 Å². The van der Waals surface area contributed by atoms with Crippen LogP contribution in [0.5, 0.6) is 5.75 Å². The van der Waals surface area contributed by atoms with Crippen LogP contribution in [0.4, 0.5) is 11.4 Å². The maximum Gasteiger partial charge on any atom is 0.255 e. The predicted molar refractivity (Wildman–Crippen MR) is 124 cm³/mol. The summed E-state index contributed by atoms with van der Waals surface area (Å²) in [6.07, 6.45) is 5.95. The molecular formula is C27H28N2O2. The van der Waals surface area contributed by atoms with E-state index in [2.05, 4.69) is 35.6 Å². The zero-order valence-electron chi connectivity index (χ0n) is 17.6. The highest BCUT2D eigenvalue weighted by molar-refractivity contribution is 6.04. The molecule has 0 aromatic heterocycles. The van der Waals surface area contributed by atoms with Gasteiger partial charge in [-0.3, -0.25) is 4.79 Å². The number of carbonyl (C=O) groups excluding carboxylic acids is 1. The van der Waals surface area contributed by atoms with Crippen molar-refractivity contribution < 1.29 is 9.53 Å². The lowest BCUT2D eigenvalue weighted by molar-refractivity contribution is 0.0133. The van der Waals surface area contributed by atoms with Crippen molar-refractivity contribution in [2.45, 2.75) is 37.7 Å². The Morgan fingerprint density at radius 2 is 1.71 bits per heavy atom. The van der Waals surface area contributed by atoms with Crippen molar-refractivity contribution in [1.82, 2.24) is 0 Å². The van der Waals surface area contributed by atoms with E-state index in [1.54, 1.807) is 24.3 Å². The molecule has 3 aromatic rings. The fourth-order valence-corrected chi connectivity index (χ4v) is 5.39. The molecule has 2 bridgehead atoms. The molecule has 3 atom stereocenters. The van der Waals surface area contributed by atoms with Crippen molar-refractivity contribution in [3.05, 3.63) is 90.0 Å². The minimum atomic E-state index is -0.151. The lowest BCUT2D eigenvalue weighted by Crippen LogP contribution is -2.43. The van der Waals surface area contributed by atoms with Crippen molar-refractivity contribution in [2.24, 2.45) is 11.8 Å². The van der Waals surface area contributed by atoms with Gasteiger partial charge in [-0.25, -0.2) is 0 Å². The smallest absolute Gasteiger partial charge is 0.255 e. The molecule has 2 aliphatic carbocycles. The molecule has 0 radical (unpaired) electrons. The van der Waals surface area contributed by atoms with E-state index in [1.165, 1.54) is 24.8 Å². The van der Waals surface area contributed by atoms with E-state index in [0.717, 1.165) is 30.2 Å². The largest absolute Gasteiger partial charge is 0.487 e. The molecule has 4 heteroatoms. The van der Waals surface area contributed by atoms with Crippen molar-refractivity contribution in [3.8, 4) is 5.75 Å². The molecule has 0 heterocycles. The average Bonchev–Trinajstić information content (AvgIpc) is 3.38. The number of ether oxygens (including phenoxy) is 1. The summed E-state index contributed by atoms with van der Waals surface area (Å²) in [6.45, 7) is 0. The highest BCUT2D eigenvalue weighted by Crippen LogP contribution is 2.53. The van der Waals surface area contributed by atoms with Crippen LogP contribution in [0.15, 0.2) is 78.9 Å². The van der Waals surface area contributed by atoms with Gasteiger partial charge in [0.2, 0.25) is 0 Å². The number of fused-ring (bicyclic) bond motifs is 2. The Balaban J connectivity index is 1.30. The van der Waals surface area contributed by atoms with Crippen LogP contribution in [-0.2, 0) is 6.42 Å². The van der Waals surface area contributed by atoms with E-state index < -0.39 is 0 Å². The zero-order valence-corrected chi connectivity index (χ0v) is 17.6. The summed E-state index contributed by atoms with van der Waals surface area (Å²) in [7, 11) is 0. The molecule has 2 saturated carbocycles. The second-order valence-corrected chi connectivity index (χ2v) is 9.01. The molecule has 2 aliphatic rings. The topological polar surface area (TPSA) is 64.4 Å². The van der Waals surface area contributed by atoms with Gasteiger partial charge < -0.3 is 15.8 Å². The van der Waals surface area contributed by atoms with E-state index in [4.69, 9.17) is 10.5 Å². The summed E-state index contributed by atoms with van der Waals surface area (Å²) in [4.78, 5) is 12.4. The van der Waals surface area contributed by atoms with Gasteiger partial charge in [0.15, 0.2) is 0 Å². The maximum atomic E-state index is 12.4. The molecule has 158 valence electrons. The summed E-state index contributed by atoms with van der Waals surface area (Å²) in [6, 6.07) is 25.4. The Bertz CT molecular complexity index is 1050. The molecule has 0 spiro atoms.